The van der Waals surface area contributed by atoms with E-state index in [0.717, 1.165) is 48.3 Å². The molecule has 0 bridgehead atoms. The molecule has 0 spiro atoms. The Kier molecular flexibility index (Phi) is 4.92. The summed E-state index contributed by atoms with van der Waals surface area (Å²) in [4.78, 5) is 11.4. The Labute approximate surface area is 181 Å². The van der Waals surface area contributed by atoms with Crippen LogP contribution in [0.5, 0.6) is 0 Å². The van der Waals surface area contributed by atoms with E-state index in [1.165, 1.54) is 16.7 Å². The zero-order valence-electron chi connectivity index (χ0n) is 17.5. The first-order valence-corrected chi connectivity index (χ1v) is 10.5. The number of amides is 1. The monoisotopic (exact) mass is 411 g/mol. The predicted octanol–water partition coefficient (Wildman–Crippen LogP) is 3.66. The second-order valence-corrected chi connectivity index (χ2v) is 8.01. The fraction of sp³-hybridized carbons (Fsp3) is 0.200. The smallest absolute Gasteiger partial charge is 0.269 e. The fourth-order valence-corrected chi connectivity index (χ4v) is 4.22. The lowest BCUT2D eigenvalue weighted by Gasteiger charge is -2.14. The van der Waals surface area contributed by atoms with Gasteiger partial charge >= 0.3 is 0 Å². The summed E-state index contributed by atoms with van der Waals surface area (Å²) in [6, 6.07) is 18.9. The maximum Gasteiger partial charge on any atom is 0.269 e. The molecule has 2 aromatic heterocycles. The van der Waals surface area contributed by atoms with Gasteiger partial charge in [-0.2, -0.15) is 5.10 Å². The SMILES string of the molecule is Cc1cc(C(N)=O)nn1-c1ccc2c(ccn2Cc2ccc(C3=CCNCC3)cc2)c1. The summed E-state index contributed by atoms with van der Waals surface area (Å²) in [5.41, 5.74) is 12.6. The van der Waals surface area contributed by atoms with Gasteiger partial charge in [-0.1, -0.05) is 30.3 Å². The quantitative estimate of drug-likeness (QED) is 0.526. The third kappa shape index (κ3) is 3.78. The summed E-state index contributed by atoms with van der Waals surface area (Å²) in [6.45, 7) is 4.73. The molecular weight excluding hydrogens is 386 g/mol. The van der Waals surface area contributed by atoms with E-state index in [1.54, 1.807) is 10.7 Å². The molecule has 5 rings (SSSR count). The number of carbonyl (C=O) groups is 1. The summed E-state index contributed by atoms with van der Waals surface area (Å²) < 4.78 is 4.01. The van der Waals surface area contributed by atoms with E-state index in [2.05, 4.69) is 69.7 Å². The third-order valence-electron chi connectivity index (χ3n) is 5.88. The van der Waals surface area contributed by atoms with Gasteiger partial charge in [0, 0.05) is 35.9 Å². The van der Waals surface area contributed by atoms with Gasteiger partial charge in [-0.25, -0.2) is 4.68 Å². The number of nitrogens with one attached hydrogen (secondary N) is 1. The minimum atomic E-state index is -0.517. The van der Waals surface area contributed by atoms with Gasteiger partial charge in [0.25, 0.3) is 5.91 Å². The molecule has 0 saturated heterocycles. The molecule has 1 amide bonds. The summed E-state index contributed by atoms with van der Waals surface area (Å²) >= 11 is 0. The number of hydrogen-bond acceptors (Lipinski definition) is 3. The Hall–Kier alpha value is -3.64. The Morgan fingerprint density at radius 3 is 2.68 bits per heavy atom. The molecular formula is C25H25N5O. The Morgan fingerprint density at radius 1 is 1.13 bits per heavy atom. The second kappa shape index (κ2) is 7.89. The largest absolute Gasteiger partial charge is 0.364 e. The molecule has 0 atom stereocenters. The van der Waals surface area contributed by atoms with Crippen LogP contribution in [0.1, 0.15) is 33.7 Å². The maximum atomic E-state index is 11.4. The molecule has 156 valence electrons. The van der Waals surface area contributed by atoms with Crippen molar-refractivity contribution >= 4 is 22.4 Å². The van der Waals surface area contributed by atoms with Crippen molar-refractivity contribution in [3.05, 3.63) is 89.4 Å². The molecule has 4 aromatic rings. The van der Waals surface area contributed by atoms with Gasteiger partial charge in [0.1, 0.15) is 0 Å². The van der Waals surface area contributed by atoms with E-state index < -0.39 is 5.91 Å². The van der Waals surface area contributed by atoms with Crippen LogP contribution in [0.25, 0.3) is 22.2 Å². The van der Waals surface area contributed by atoms with Crippen LogP contribution in [-0.2, 0) is 6.54 Å². The van der Waals surface area contributed by atoms with Crippen LogP contribution in [0.2, 0.25) is 0 Å². The highest BCUT2D eigenvalue weighted by atomic mass is 16.1. The van der Waals surface area contributed by atoms with Crippen LogP contribution in [0.15, 0.2) is 66.9 Å². The van der Waals surface area contributed by atoms with Gasteiger partial charge in [0.2, 0.25) is 0 Å². The van der Waals surface area contributed by atoms with Crippen molar-refractivity contribution in [1.82, 2.24) is 19.7 Å². The average molecular weight is 412 g/mol. The number of aromatic nitrogens is 3. The number of carbonyl (C=O) groups excluding carboxylic acids is 1. The van der Waals surface area contributed by atoms with Gasteiger partial charge in [0.15, 0.2) is 5.69 Å². The third-order valence-corrected chi connectivity index (χ3v) is 5.88. The molecule has 3 N–H and O–H groups in total. The molecule has 0 saturated carbocycles. The van der Waals surface area contributed by atoms with E-state index in [-0.39, 0.29) is 5.69 Å². The molecule has 0 fully saturated rings. The summed E-state index contributed by atoms with van der Waals surface area (Å²) in [6.07, 6.45) is 5.48. The predicted molar refractivity (Wildman–Crippen MR) is 123 cm³/mol. The lowest BCUT2D eigenvalue weighted by Crippen LogP contribution is -2.19. The first kappa shape index (κ1) is 19.3. The summed E-state index contributed by atoms with van der Waals surface area (Å²) in [5.74, 6) is -0.517. The standard InChI is InChI=1S/C25H25N5O/c1-17-14-23(25(26)31)28-30(17)22-6-7-24-21(15-22)10-13-29(24)16-18-2-4-19(5-3-18)20-8-11-27-12-9-20/h2-8,10,13-15,27H,9,11-12,16H2,1H3,(H2,26,31). The molecule has 6 heteroatoms. The minimum Gasteiger partial charge on any atom is -0.364 e. The van der Waals surface area contributed by atoms with E-state index in [9.17, 15) is 4.79 Å². The number of aryl methyl sites for hydroxylation is 1. The van der Waals surface area contributed by atoms with Crippen LogP contribution < -0.4 is 11.1 Å². The number of hydrogen-bond donors (Lipinski definition) is 2. The number of fused-ring (bicyclic) bond motifs is 1. The van der Waals surface area contributed by atoms with Crippen LogP contribution in [-0.4, -0.2) is 33.3 Å². The molecule has 2 aromatic carbocycles. The first-order chi connectivity index (χ1) is 15.1. The highest BCUT2D eigenvalue weighted by molar-refractivity contribution is 5.91. The minimum absolute atomic E-state index is 0.277. The van der Waals surface area contributed by atoms with Crippen molar-refractivity contribution < 1.29 is 4.79 Å². The highest BCUT2D eigenvalue weighted by Crippen LogP contribution is 2.24. The van der Waals surface area contributed by atoms with Gasteiger partial charge < -0.3 is 15.6 Å². The van der Waals surface area contributed by atoms with Gasteiger partial charge in [-0.3, -0.25) is 4.79 Å². The second-order valence-electron chi connectivity index (χ2n) is 8.01. The molecule has 1 aliphatic rings. The number of nitrogens with two attached hydrogens (primary N) is 1. The number of rotatable bonds is 5. The van der Waals surface area contributed by atoms with E-state index in [0.29, 0.717) is 0 Å². The number of primary amides is 1. The Balaban J connectivity index is 1.39. The molecule has 1 aliphatic heterocycles. The van der Waals surface area contributed by atoms with Gasteiger partial charge in [-0.15, -0.1) is 0 Å². The highest BCUT2D eigenvalue weighted by Gasteiger charge is 2.12. The van der Waals surface area contributed by atoms with Crippen LogP contribution in [0.4, 0.5) is 0 Å². The van der Waals surface area contributed by atoms with E-state index in [4.69, 9.17) is 5.73 Å². The number of nitrogens with zero attached hydrogens (tertiary/aromatic N) is 3. The lowest BCUT2D eigenvalue weighted by molar-refractivity contribution is 0.0995. The molecule has 0 radical (unpaired) electrons. The lowest BCUT2D eigenvalue weighted by atomic mass is 9.99. The van der Waals surface area contributed by atoms with Gasteiger partial charge in [0.05, 0.1) is 5.69 Å². The van der Waals surface area contributed by atoms with Crippen molar-refractivity contribution in [1.29, 1.82) is 0 Å². The molecule has 0 aliphatic carbocycles. The summed E-state index contributed by atoms with van der Waals surface area (Å²) in [7, 11) is 0. The van der Waals surface area contributed by atoms with Crippen LogP contribution in [0, 0.1) is 6.92 Å². The Bertz CT molecular complexity index is 1290. The Morgan fingerprint density at radius 2 is 1.97 bits per heavy atom. The zero-order chi connectivity index (χ0) is 21.4. The zero-order valence-corrected chi connectivity index (χ0v) is 17.5. The van der Waals surface area contributed by atoms with Crippen molar-refractivity contribution in [2.75, 3.05) is 13.1 Å². The van der Waals surface area contributed by atoms with Crippen LogP contribution in [0.3, 0.4) is 0 Å². The normalized spacial score (nSPS) is 14.0. The molecule has 3 heterocycles. The van der Waals surface area contributed by atoms with Gasteiger partial charge in [-0.05, 0) is 66.9 Å². The molecule has 31 heavy (non-hydrogen) atoms. The van der Waals surface area contributed by atoms with Crippen molar-refractivity contribution in [2.45, 2.75) is 19.9 Å². The fourth-order valence-electron chi connectivity index (χ4n) is 4.22. The van der Waals surface area contributed by atoms with Crippen molar-refractivity contribution in [3.63, 3.8) is 0 Å². The topological polar surface area (TPSA) is 77.9 Å². The van der Waals surface area contributed by atoms with E-state index >= 15 is 0 Å². The van der Waals surface area contributed by atoms with Crippen LogP contribution >= 0.6 is 0 Å². The maximum absolute atomic E-state index is 11.4. The first-order valence-electron chi connectivity index (χ1n) is 10.5. The van der Waals surface area contributed by atoms with E-state index in [1.807, 2.05) is 13.0 Å². The summed E-state index contributed by atoms with van der Waals surface area (Å²) in [5, 5.41) is 8.82. The molecule has 0 unspecified atom stereocenters. The van der Waals surface area contributed by atoms with Crippen molar-refractivity contribution in [3.8, 4) is 5.69 Å². The number of benzene rings is 2. The average Bonchev–Trinajstić information content (AvgIpc) is 3.38. The molecule has 6 nitrogen and oxygen atoms in total. The van der Waals surface area contributed by atoms with Crippen molar-refractivity contribution in [2.24, 2.45) is 5.73 Å².